The molecule has 0 aliphatic heterocycles. The van der Waals surface area contributed by atoms with Crippen LogP contribution in [0.3, 0.4) is 0 Å². The summed E-state index contributed by atoms with van der Waals surface area (Å²) in [6.45, 7) is 6.14. The van der Waals surface area contributed by atoms with E-state index in [4.69, 9.17) is 10.00 Å². The lowest BCUT2D eigenvalue weighted by Gasteiger charge is -2.14. The van der Waals surface area contributed by atoms with E-state index in [2.05, 4.69) is 0 Å². The fourth-order valence-electron chi connectivity index (χ4n) is 2.03. The van der Waals surface area contributed by atoms with Crippen molar-refractivity contribution < 1.29 is 9.13 Å². The summed E-state index contributed by atoms with van der Waals surface area (Å²) in [5.41, 5.74) is 4.01. The molecule has 0 saturated carbocycles. The number of aryl methyl sites for hydroxylation is 2. The van der Waals surface area contributed by atoms with Crippen LogP contribution in [0.2, 0.25) is 0 Å². The number of nitrogens with zero attached hydrogens (tertiary/aromatic N) is 1. The molecule has 2 aromatic carbocycles. The lowest BCUT2D eigenvalue weighted by atomic mass is 10.1. The van der Waals surface area contributed by atoms with E-state index in [1.54, 1.807) is 12.1 Å². The van der Waals surface area contributed by atoms with Gasteiger partial charge in [0.25, 0.3) is 0 Å². The summed E-state index contributed by atoms with van der Waals surface area (Å²) in [4.78, 5) is 0. The van der Waals surface area contributed by atoms with Gasteiger partial charge in [-0.3, -0.25) is 0 Å². The molecule has 2 rings (SSSR count). The standard InChI is InChI=1S/C17H16FNO/c1-11-4-5-12(2)17(13(11)3)20-10-15-7-6-14(9-19)8-16(15)18/h4-8H,10H2,1-3H3. The minimum Gasteiger partial charge on any atom is -0.488 e. The highest BCUT2D eigenvalue weighted by molar-refractivity contribution is 5.44. The highest BCUT2D eigenvalue weighted by atomic mass is 19.1. The Bertz CT molecular complexity index is 686. The van der Waals surface area contributed by atoms with Crippen LogP contribution in [0.4, 0.5) is 4.39 Å². The molecule has 0 fully saturated rings. The van der Waals surface area contributed by atoms with E-state index in [1.165, 1.54) is 6.07 Å². The fraction of sp³-hybridized carbons (Fsp3) is 0.235. The summed E-state index contributed by atoms with van der Waals surface area (Å²) in [7, 11) is 0. The first-order chi connectivity index (χ1) is 9.52. The third-order valence-corrected chi connectivity index (χ3v) is 3.43. The molecule has 0 aromatic heterocycles. The number of ether oxygens (including phenoxy) is 1. The Labute approximate surface area is 118 Å². The van der Waals surface area contributed by atoms with E-state index in [1.807, 2.05) is 39.0 Å². The van der Waals surface area contributed by atoms with E-state index < -0.39 is 5.82 Å². The number of hydrogen-bond acceptors (Lipinski definition) is 2. The molecule has 0 aliphatic rings. The van der Waals surface area contributed by atoms with Gasteiger partial charge in [-0.25, -0.2) is 4.39 Å². The summed E-state index contributed by atoms with van der Waals surface area (Å²) < 4.78 is 19.6. The van der Waals surface area contributed by atoms with Crippen LogP contribution < -0.4 is 4.74 Å². The first-order valence-corrected chi connectivity index (χ1v) is 6.41. The molecule has 2 aromatic rings. The molecule has 0 aliphatic carbocycles. The van der Waals surface area contributed by atoms with Crippen LogP contribution in [-0.2, 0) is 6.61 Å². The van der Waals surface area contributed by atoms with Crippen molar-refractivity contribution in [3.63, 3.8) is 0 Å². The Morgan fingerprint density at radius 1 is 1.10 bits per heavy atom. The second-order valence-electron chi connectivity index (χ2n) is 4.86. The van der Waals surface area contributed by atoms with Gasteiger partial charge >= 0.3 is 0 Å². The smallest absolute Gasteiger partial charge is 0.131 e. The lowest BCUT2D eigenvalue weighted by Crippen LogP contribution is -2.02. The van der Waals surface area contributed by atoms with Crippen molar-refractivity contribution in [1.29, 1.82) is 5.26 Å². The van der Waals surface area contributed by atoms with Crippen molar-refractivity contribution in [3.8, 4) is 11.8 Å². The topological polar surface area (TPSA) is 33.0 Å². The Balaban J connectivity index is 2.22. The van der Waals surface area contributed by atoms with Gasteiger partial charge in [-0.05, 0) is 49.6 Å². The number of hydrogen-bond donors (Lipinski definition) is 0. The van der Waals surface area contributed by atoms with Crippen molar-refractivity contribution in [1.82, 2.24) is 0 Å². The van der Waals surface area contributed by atoms with E-state index in [0.717, 1.165) is 22.4 Å². The number of benzene rings is 2. The van der Waals surface area contributed by atoms with Crippen molar-refractivity contribution >= 4 is 0 Å². The summed E-state index contributed by atoms with van der Waals surface area (Å²) in [5, 5.41) is 8.72. The number of halogens is 1. The normalized spacial score (nSPS) is 10.2. The molecular formula is C17H16FNO. The van der Waals surface area contributed by atoms with Crippen LogP contribution in [0, 0.1) is 37.9 Å². The average Bonchev–Trinajstić information content (AvgIpc) is 2.44. The zero-order valence-corrected chi connectivity index (χ0v) is 11.8. The second-order valence-corrected chi connectivity index (χ2v) is 4.86. The monoisotopic (exact) mass is 269 g/mol. The molecule has 0 heterocycles. The van der Waals surface area contributed by atoms with Gasteiger partial charge in [-0.2, -0.15) is 5.26 Å². The van der Waals surface area contributed by atoms with Crippen LogP contribution in [0.25, 0.3) is 0 Å². The maximum absolute atomic E-state index is 13.8. The summed E-state index contributed by atoms with van der Waals surface area (Å²) in [6.07, 6.45) is 0. The molecule has 0 amide bonds. The van der Waals surface area contributed by atoms with E-state index in [0.29, 0.717) is 11.1 Å². The molecule has 102 valence electrons. The summed E-state index contributed by atoms with van der Waals surface area (Å²) in [6, 6.07) is 10.4. The van der Waals surface area contributed by atoms with Gasteiger partial charge in [0.2, 0.25) is 0 Å². The average molecular weight is 269 g/mol. The Hall–Kier alpha value is -2.34. The minimum absolute atomic E-state index is 0.155. The van der Waals surface area contributed by atoms with Crippen molar-refractivity contribution in [3.05, 3.63) is 64.0 Å². The summed E-state index contributed by atoms with van der Waals surface area (Å²) >= 11 is 0. The zero-order valence-electron chi connectivity index (χ0n) is 11.8. The third-order valence-electron chi connectivity index (χ3n) is 3.43. The molecule has 0 unspecified atom stereocenters. The first kappa shape index (κ1) is 14.1. The Morgan fingerprint density at radius 3 is 2.45 bits per heavy atom. The van der Waals surface area contributed by atoms with Crippen LogP contribution in [0.15, 0.2) is 30.3 Å². The minimum atomic E-state index is -0.410. The van der Waals surface area contributed by atoms with Crippen LogP contribution >= 0.6 is 0 Å². The van der Waals surface area contributed by atoms with E-state index in [-0.39, 0.29) is 6.61 Å². The zero-order chi connectivity index (χ0) is 14.7. The molecule has 0 atom stereocenters. The van der Waals surface area contributed by atoms with Gasteiger partial charge in [0.05, 0.1) is 11.6 Å². The Morgan fingerprint density at radius 2 is 1.80 bits per heavy atom. The summed E-state index contributed by atoms with van der Waals surface area (Å²) in [5.74, 6) is 0.390. The fourth-order valence-corrected chi connectivity index (χ4v) is 2.03. The lowest BCUT2D eigenvalue weighted by molar-refractivity contribution is 0.295. The van der Waals surface area contributed by atoms with Gasteiger partial charge in [-0.1, -0.05) is 18.2 Å². The molecule has 0 spiro atoms. The highest BCUT2D eigenvalue weighted by Gasteiger charge is 2.09. The predicted octanol–water partition coefficient (Wildman–Crippen LogP) is 4.20. The van der Waals surface area contributed by atoms with E-state index in [9.17, 15) is 4.39 Å². The van der Waals surface area contributed by atoms with Crippen LogP contribution in [0.5, 0.6) is 5.75 Å². The van der Waals surface area contributed by atoms with Gasteiger partial charge < -0.3 is 4.74 Å². The first-order valence-electron chi connectivity index (χ1n) is 6.41. The molecule has 0 radical (unpaired) electrons. The van der Waals surface area contributed by atoms with Crippen molar-refractivity contribution in [2.75, 3.05) is 0 Å². The van der Waals surface area contributed by atoms with Gasteiger partial charge in [0, 0.05) is 5.56 Å². The number of rotatable bonds is 3. The SMILES string of the molecule is Cc1ccc(C)c(OCc2ccc(C#N)cc2F)c1C. The van der Waals surface area contributed by atoms with Crippen molar-refractivity contribution in [2.24, 2.45) is 0 Å². The maximum atomic E-state index is 13.8. The molecule has 3 heteroatoms. The molecule has 0 bridgehead atoms. The van der Waals surface area contributed by atoms with Crippen molar-refractivity contribution in [2.45, 2.75) is 27.4 Å². The molecule has 0 N–H and O–H groups in total. The molecule has 2 nitrogen and oxygen atoms in total. The second kappa shape index (κ2) is 5.75. The largest absolute Gasteiger partial charge is 0.488 e. The van der Waals surface area contributed by atoms with E-state index >= 15 is 0 Å². The maximum Gasteiger partial charge on any atom is 0.131 e. The third kappa shape index (κ3) is 2.80. The number of nitriles is 1. The molecular weight excluding hydrogens is 253 g/mol. The predicted molar refractivity (Wildman–Crippen MR) is 76.1 cm³/mol. The highest BCUT2D eigenvalue weighted by Crippen LogP contribution is 2.26. The Kier molecular flexibility index (Phi) is 4.05. The van der Waals surface area contributed by atoms with Gasteiger partial charge in [0.1, 0.15) is 18.2 Å². The molecule has 20 heavy (non-hydrogen) atoms. The van der Waals surface area contributed by atoms with Gasteiger partial charge in [0.15, 0.2) is 0 Å². The quantitative estimate of drug-likeness (QED) is 0.836. The van der Waals surface area contributed by atoms with Crippen LogP contribution in [-0.4, -0.2) is 0 Å². The van der Waals surface area contributed by atoms with Gasteiger partial charge in [-0.15, -0.1) is 0 Å². The molecule has 0 saturated heterocycles. The van der Waals surface area contributed by atoms with Crippen LogP contribution in [0.1, 0.15) is 27.8 Å².